The van der Waals surface area contributed by atoms with Gasteiger partial charge in [0, 0.05) is 25.0 Å². The molecule has 0 radical (unpaired) electrons. The van der Waals surface area contributed by atoms with Gasteiger partial charge in [-0.3, -0.25) is 4.99 Å². The number of benzene rings is 1. The number of hydrogen-bond donors (Lipinski definition) is 2. The van der Waals surface area contributed by atoms with Crippen LogP contribution in [0.25, 0.3) is 0 Å². The van der Waals surface area contributed by atoms with Crippen LogP contribution in [0.5, 0.6) is 0 Å². The van der Waals surface area contributed by atoms with Gasteiger partial charge >= 0.3 is 0 Å². The lowest BCUT2D eigenvalue weighted by atomic mass is 10.0. The smallest absolute Gasteiger partial charge is 0.191 e. The molecule has 1 atom stereocenters. The van der Waals surface area contributed by atoms with Gasteiger partial charge in [0.1, 0.15) is 0 Å². The van der Waals surface area contributed by atoms with Gasteiger partial charge in [0.2, 0.25) is 0 Å². The molecular weight excluding hydrogens is 290 g/mol. The molecule has 0 fully saturated rings. The van der Waals surface area contributed by atoms with Crippen LogP contribution in [0.4, 0.5) is 0 Å². The van der Waals surface area contributed by atoms with Gasteiger partial charge in [-0.15, -0.1) is 11.3 Å². The third-order valence-corrected chi connectivity index (χ3v) is 4.63. The molecule has 0 saturated heterocycles. The summed E-state index contributed by atoms with van der Waals surface area (Å²) in [6, 6.07) is 13.0. The number of hydrogen-bond acceptors (Lipinski definition) is 2. The van der Waals surface area contributed by atoms with Gasteiger partial charge in [0.15, 0.2) is 5.96 Å². The lowest BCUT2D eigenvalue weighted by Crippen LogP contribution is -2.39. The molecule has 3 nitrogen and oxygen atoms in total. The predicted octanol–water partition coefficient (Wildman–Crippen LogP) is 3.57. The van der Waals surface area contributed by atoms with Crippen molar-refractivity contribution < 1.29 is 0 Å². The van der Waals surface area contributed by atoms with Crippen LogP contribution in [0.2, 0.25) is 0 Å². The fourth-order valence-corrected chi connectivity index (χ4v) is 2.95. The van der Waals surface area contributed by atoms with Gasteiger partial charge in [-0.05, 0) is 36.3 Å². The van der Waals surface area contributed by atoms with Crippen molar-refractivity contribution in [2.45, 2.75) is 26.2 Å². The van der Waals surface area contributed by atoms with Crippen LogP contribution < -0.4 is 10.6 Å². The van der Waals surface area contributed by atoms with E-state index >= 15 is 0 Å². The average molecular weight is 315 g/mol. The summed E-state index contributed by atoms with van der Waals surface area (Å²) in [5.74, 6) is 1.33. The summed E-state index contributed by atoms with van der Waals surface area (Å²) >= 11 is 1.80. The Balaban J connectivity index is 1.74. The van der Waals surface area contributed by atoms with Gasteiger partial charge in [-0.2, -0.15) is 0 Å². The quantitative estimate of drug-likeness (QED) is 0.631. The molecule has 1 aromatic heterocycles. The van der Waals surface area contributed by atoms with Crippen LogP contribution in [0.15, 0.2) is 46.8 Å². The number of thiophene rings is 1. The Morgan fingerprint density at radius 1 is 1.18 bits per heavy atom. The van der Waals surface area contributed by atoms with Crippen LogP contribution in [-0.4, -0.2) is 26.1 Å². The van der Waals surface area contributed by atoms with Crippen molar-refractivity contribution in [3.63, 3.8) is 0 Å². The Morgan fingerprint density at radius 3 is 2.59 bits per heavy atom. The first-order valence-corrected chi connectivity index (χ1v) is 8.60. The van der Waals surface area contributed by atoms with E-state index in [2.05, 4.69) is 71.3 Å². The minimum absolute atomic E-state index is 0.455. The summed E-state index contributed by atoms with van der Waals surface area (Å²) in [4.78, 5) is 5.68. The van der Waals surface area contributed by atoms with E-state index in [4.69, 9.17) is 0 Å². The van der Waals surface area contributed by atoms with Gasteiger partial charge in [-0.1, -0.05) is 42.8 Å². The summed E-state index contributed by atoms with van der Waals surface area (Å²) in [5.41, 5.74) is 2.65. The van der Waals surface area contributed by atoms with Gasteiger partial charge in [0.05, 0.1) is 0 Å². The molecule has 1 unspecified atom stereocenters. The van der Waals surface area contributed by atoms with Crippen molar-refractivity contribution >= 4 is 17.3 Å². The maximum Gasteiger partial charge on any atom is 0.191 e. The first-order valence-electron chi connectivity index (χ1n) is 7.72. The molecule has 22 heavy (non-hydrogen) atoms. The Kier molecular flexibility index (Phi) is 6.46. The highest BCUT2D eigenvalue weighted by Crippen LogP contribution is 2.14. The number of nitrogens with zero attached hydrogens (tertiary/aromatic N) is 1. The maximum atomic E-state index is 4.28. The van der Waals surface area contributed by atoms with E-state index in [1.54, 1.807) is 11.3 Å². The van der Waals surface area contributed by atoms with E-state index in [1.165, 1.54) is 16.0 Å². The van der Waals surface area contributed by atoms with Crippen molar-refractivity contribution in [2.24, 2.45) is 4.99 Å². The summed E-state index contributed by atoms with van der Waals surface area (Å²) in [6.45, 7) is 6.13. The number of aliphatic imine (C=N–C) groups is 1. The highest BCUT2D eigenvalue weighted by Gasteiger charge is 2.06. The van der Waals surface area contributed by atoms with E-state index in [0.29, 0.717) is 5.92 Å². The number of rotatable bonds is 6. The van der Waals surface area contributed by atoms with Crippen molar-refractivity contribution in [3.8, 4) is 0 Å². The minimum atomic E-state index is 0.455. The zero-order valence-electron chi connectivity index (χ0n) is 13.6. The number of aryl methyl sites for hydroxylation is 1. The lowest BCUT2D eigenvalue weighted by molar-refractivity contribution is 0.698. The van der Waals surface area contributed by atoms with Gasteiger partial charge in [0.25, 0.3) is 0 Å². The molecule has 0 aliphatic heterocycles. The molecule has 0 aliphatic rings. The summed E-state index contributed by atoms with van der Waals surface area (Å²) in [5, 5.41) is 8.89. The van der Waals surface area contributed by atoms with E-state index in [0.717, 1.165) is 25.5 Å². The van der Waals surface area contributed by atoms with Gasteiger partial charge < -0.3 is 10.6 Å². The second-order valence-corrected chi connectivity index (χ2v) is 6.55. The third kappa shape index (κ3) is 5.19. The van der Waals surface area contributed by atoms with Crippen LogP contribution in [0.3, 0.4) is 0 Å². The summed E-state index contributed by atoms with van der Waals surface area (Å²) in [6.07, 6.45) is 1.03. The SMILES string of the molecule is CN=C(NCCc1cccs1)NCC(C)c1ccc(C)cc1. The maximum absolute atomic E-state index is 4.28. The van der Waals surface area contributed by atoms with Crippen molar-refractivity contribution in [2.75, 3.05) is 20.1 Å². The molecule has 1 heterocycles. The molecule has 0 aliphatic carbocycles. The molecule has 4 heteroatoms. The summed E-state index contributed by atoms with van der Waals surface area (Å²) in [7, 11) is 1.82. The molecule has 0 bridgehead atoms. The zero-order chi connectivity index (χ0) is 15.8. The standard InChI is InChI=1S/C18H25N3S/c1-14-6-8-16(9-7-14)15(2)13-21-18(19-3)20-11-10-17-5-4-12-22-17/h4-9,12,15H,10-11,13H2,1-3H3,(H2,19,20,21). The fourth-order valence-electron chi connectivity index (χ4n) is 2.24. The molecule has 0 saturated carbocycles. The summed E-state index contributed by atoms with van der Waals surface area (Å²) < 4.78 is 0. The predicted molar refractivity (Wildman–Crippen MR) is 97.0 cm³/mol. The van der Waals surface area contributed by atoms with Gasteiger partial charge in [-0.25, -0.2) is 0 Å². The van der Waals surface area contributed by atoms with Crippen LogP contribution in [-0.2, 0) is 6.42 Å². The van der Waals surface area contributed by atoms with E-state index in [1.807, 2.05) is 7.05 Å². The molecule has 118 valence electrons. The molecule has 2 aromatic rings. The van der Waals surface area contributed by atoms with E-state index < -0.39 is 0 Å². The van der Waals surface area contributed by atoms with E-state index in [-0.39, 0.29) is 0 Å². The molecule has 1 aromatic carbocycles. The Labute approximate surface area is 137 Å². The topological polar surface area (TPSA) is 36.4 Å². The van der Waals surface area contributed by atoms with Crippen LogP contribution >= 0.6 is 11.3 Å². The fraction of sp³-hybridized carbons (Fsp3) is 0.389. The first kappa shape index (κ1) is 16.6. The minimum Gasteiger partial charge on any atom is -0.356 e. The lowest BCUT2D eigenvalue weighted by Gasteiger charge is -2.16. The number of nitrogens with one attached hydrogen (secondary N) is 2. The monoisotopic (exact) mass is 315 g/mol. The highest BCUT2D eigenvalue weighted by atomic mass is 32.1. The van der Waals surface area contributed by atoms with Crippen molar-refractivity contribution in [3.05, 3.63) is 57.8 Å². The largest absolute Gasteiger partial charge is 0.356 e. The Bertz CT molecular complexity index is 573. The average Bonchev–Trinajstić information content (AvgIpc) is 3.04. The normalized spacial score (nSPS) is 13.0. The molecule has 0 amide bonds. The second-order valence-electron chi connectivity index (χ2n) is 5.52. The van der Waals surface area contributed by atoms with Crippen molar-refractivity contribution in [1.29, 1.82) is 0 Å². The Morgan fingerprint density at radius 2 is 1.95 bits per heavy atom. The molecular formula is C18H25N3S. The highest BCUT2D eigenvalue weighted by molar-refractivity contribution is 7.09. The molecule has 0 spiro atoms. The third-order valence-electron chi connectivity index (χ3n) is 3.69. The molecule has 2 rings (SSSR count). The second kappa shape index (κ2) is 8.59. The van der Waals surface area contributed by atoms with E-state index in [9.17, 15) is 0 Å². The molecule has 2 N–H and O–H groups in total. The number of guanidine groups is 1. The first-order chi connectivity index (χ1) is 10.7. The Hall–Kier alpha value is -1.81. The van der Waals surface area contributed by atoms with Crippen LogP contribution in [0.1, 0.15) is 28.8 Å². The van der Waals surface area contributed by atoms with Crippen molar-refractivity contribution in [1.82, 2.24) is 10.6 Å². The zero-order valence-corrected chi connectivity index (χ0v) is 14.4. The van der Waals surface area contributed by atoms with Crippen LogP contribution in [0, 0.1) is 6.92 Å².